The van der Waals surface area contributed by atoms with Crippen LogP contribution in [0.15, 0.2) is 107 Å². The number of hydrogen-bond acceptors (Lipinski definition) is 8. The van der Waals surface area contributed by atoms with Gasteiger partial charge in [-0.05, 0) is 97.5 Å². The third kappa shape index (κ3) is 24.3. The molecule has 4 aromatic carbocycles. The fourth-order valence-corrected chi connectivity index (χ4v) is 8.12. The average molecular weight is 903 g/mol. The fourth-order valence-electron chi connectivity index (χ4n) is 7.18. The fraction of sp³-hybridized carbons (Fsp3) is 0.520. The van der Waals surface area contributed by atoms with Gasteiger partial charge in [0.25, 0.3) is 0 Å². The number of benzene rings is 4. The first-order valence-electron chi connectivity index (χ1n) is 22.6. The summed E-state index contributed by atoms with van der Waals surface area (Å²) in [5, 5.41) is 0. The van der Waals surface area contributed by atoms with Gasteiger partial charge in [-0.3, -0.25) is 0 Å². The van der Waals surface area contributed by atoms with Gasteiger partial charge in [-0.2, -0.15) is 0 Å². The van der Waals surface area contributed by atoms with Crippen LogP contribution in [-0.4, -0.2) is 63.7 Å². The van der Waals surface area contributed by atoms with E-state index < -0.39 is 20.2 Å². The maximum atomic E-state index is 11.0. The predicted molar refractivity (Wildman–Crippen MR) is 248 cm³/mol. The zero-order valence-electron chi connectivity index (χ0n) is 37.0. The maximum absolute atomic E-state index is 11.0. The third-order valence-corrected chi connectivity index (χ3v) is 12.4. The summed E-state index contributed by atoms with van der Waals surface area (Å²) in [7, 11) is -8.87. The molecule has 4 rings (SSSR count). The summed E-state index contributed by atoms with van der Waals surface area (Å²) in [6.07, 6.45) is 30.9. The number of rotatable bonds is 30. The first kappa shape index (κ1) is 54.7. The van der Waals surface area contributed by atoms with Crippen molar-refractivity contribution in [2.75, 3.05) is 0 Å². The van der Waals surface area contributed by atoms with Crippen LogP contribution in [-0.2, 0) is 33.1 Å². The van der Waals surface area contributed by atoms with Crippen molar-refractivity contribution in [2.45, 2.75) is 178 Å². The smallest absolute Gasteiger partial charge is 0.744 e. The van der Waals surface area contributed by atoms with Crippen LogP contribution in [0.1, 0.15) is 166 Å². The van der Waals surface area contributed by atoms with Gasteiger partial charge in [0.2, 0.25) is 0 Å². The van der Waals surface area contributed by atoms with Gasteiger partial charge in [0, 0.05) is 0 Å². The van der Waals surface area contributed by atoms with Crippen molar-refractivity contribution < 1.29 is 35.4 Å². The Kier molecular flexibility index (Phi) is 28.9. The molecule has 0 amide bonds. The Morgan fingerprint density at radius 1 is 0.377 bits per heavy atom. The van der Waals surface area contributed by atoms with Gasteiger partial charge in [-0.25, -0.2) is 16.8 Å². The summed E-state index contributed by atoms with van der Waals surface area (Å²) in [5.41, 5.74) is 2.29. The molecule has 0 aromatic heterocycles. The molecule has 0 saturated carbocycles. The predicted octanol–water partition coefficient (Wildman–Crippen LogP) is 14.1. The molecule has 61 heavy (non-hydrogen) atoms. The molecule has 0 unspecified atom stereocenters. The molecule has 332 valence electrons. The Balaban J connectivity index is 0.000000413. The normalized spacial score (nSPS) is 11.3. The van der Waals surface area contributed by atoms with Crippen LogP contribution >= 0.6 is 0 Å². The Bertz CT molecular complexity index is 1810. The summed E-state index contributed by atoms with van der Waals surface area (Å²) >= 11 is 0. The van der Waals surface area contributed by atoms with E-state index >= 15 is 0 Å². The summed E-state index contributed by atoms with van der Waals surface area (Å²) in [4.78, 5) is -0.492. The van der Waals surface area contributed by atoms with E-state index in [1.165, 1.54) is 177 Å². The van der Waals surface area contributed by atoms with Crippen molar-refractivity contribution in [2.24, 2.45) is 0 Å². The molecule has 8 nitrogen and oxygen atoms in total. The molecule has 0 radical (unpaired) electrons. The zero-order valence-corrected chi connectivity index (χ0v) is 40.8. The van der Waals surface area contributed by atoms with Gasteiger partial charge < -0.3 is 18.6 Å². The number of ether oxygens (including phenoxy) is 2. The van der Waals surface area contributed by atoms with Gasteiger partial charge in [0.05, 0.1) is 9.79 Å². The topological polar surface area (TPSA) is 133 Å². The van der Waals surface area contributed by atoms with E-state index in [2.05, 4.69) is 26.0 Å². The van der Waals surface area contributed by atoms with E-state index in [0.717, 1.165) is 48.3 Å². The van der Waals surface area contributed by atoms with Gasteiger partial charge in [-0.15, -0.1) is 0 Å². The van der Waals surface area contributed by atoms with Crippen molar-refractivity contribution in [1.82, 2.24) is 0 Å². The van der Waals surface area contributed by atoms with Crippen LogP contribution in [0.5, 0.6) is 23.0 Å². The van der Waals surface area contributed by atoms with E-state index in [-0.39, 0.29) is 47.5 Å². The third-order valence-electron chi connectivity index (χ3n) is 10.7. The number of aryl methyl sites for hydroxylation is 2. The maximum Gasteiger partial charge on any atom is 2.00 e. The summed E-state index contributed by atoms with van der Waals surface area (Å²) in [6.45, 7) is 4.51. The number of para-hydroxylation sites is 2. The molecule has 0 aliphatic rings. The van der Waals surface area contributed by atoms with E-state index in [0.29, 0.717) is 11.5 Å². The number of hydrogen-bond donors (Lipinski definition) is 0. The van der Waals surface area contributed by atoms with Gasteiger partial charge in [-0.1, -0.05) is 179 Å². The Morgan fingerprint density at radius 2 is 0.639 bits per heavy atom. The molecule has 11 heteroatoms. The van der Waals surface area contributed by atoms with Crippen LogP contribution < -0.4 is 9.47 Å². The first-order chi connectivity index (χ1) is 29.0. The van der Waals surface area contributed by atoms with Crippen LogP contribution in [0.25, 0.3) is 0 Å². The van der Waals surface area contributed by atoms with Crippen molar-refractivity contribution in [3.8, 4) is 23.0 Å². The first-order valence-corrected chi connectivity index (χ1v) is 25.5. The summed E-state index contributed by atoms with van der Waals surface area (Å²) in [6, 6.07) is 27.1. The average Bonchev–Trinajstić information content (AvgIpc) is 3.23. The molecule has 0 saturated heterocycles. The Labute approximate surface area is 399 Å². The van der Waals surface area contributed by atoms with Crippen molar-refractivity contribution in [1.29, 1.82) is 0 Å². The van der Waals surface area contributed by atoms with E-state index in [1.54, 1.807) is 0 Å². The largest absolute Gasteiger partial charge is 2.00 e. The second kappa shape index (κ2) is 32.3. The number of unbranched alkanes of at least 4 members (excludes halogenated alkanes) is 20. The Hall–Kier alpha value is -2.44. The van der Waals surface area contributed by atoms with E-state index in [1.807, 2.05) is 36.4 Å². The second-order valence-corrected chi connectivity index (χ2v) is 18.6. The SMILES string of the molecule is CCCCCCCCCCCCCc1ccccc1Oc1ccc(S(=O)(=O)[O-])cc1.CCCCCCCCCCCCCc1ccccc1Oc1ccc(S(=O)(=O)[O-])cc1.[Ca+2]. The van der Waals surface area contributed by atoms with Gasteiger partial charge in [0.1, 0.15) is 43.2 Å². The minimum Gasteiger partial charge on any atom is -0.744 e. The minimum absolute atomic E-state index is 0. The van der Waals surface area contributed by atoms with Crippen LogP contribution in [0.2, 0.25) is 0 Å². The zero-order chi connectivity index (χ0) is 43.3. The molecule has 0 atom stereocenters. The molecule has 0 fully saturated rings. The molecule has 0 spiro atoms. The molecule has 0 bridgehead atoms. The van der Waals surface area contributed by atoms with Crippen molar-refractivity contribution >= 4 is 58.0 Å². The second-order valence-electron chi connectivity index (χ2n) is 15.8. The molecule has 0 N–H and O–H groups in total. The summed E-state index contributed by atoms with van der Waals surface area (Å²) < 4.78 is 78.1. The molecule has 0 aliphatic heterocycles. The minimum atomic E-state index is -4.44. The van der Waals surface area contributed by atoms with E-state index in [4.69, 9.17) is 9.47 Å². The molecule has 0 heterocycles. The summed E-state index contributed by atoms with van der Waals surface area (Å²) in [5.74, 6) is 2.60. The van der Waals surface area contributed by atoms with Crippen LogP contribution in [0, 0.1) is 0 Å². The molecular weight excluding hydrogens is 833 g/mol. The van der Waals surface area contributed by atoms with Crippen LogP contribution in [0.4, 0.5) is 0 Å². The van der Waals surface area contributed by atoms with E-state index in [9.17, 15) is 25.9 Å². The van der Waals surface area contributed by atoms with Gasteiger partial charge in [0.15, 0.2) is 0 Å². The van der Waals surface area contributed by atoms with Gasteiger partial charge >= 0.3 is 37.7 Å². The Morgan fingerprint density at radius 3 is 0.918 bits per heavy atom. The van der Waals surface area contributed by atoms with Crippen molar-refractivity contribution in [3.63, 3.8) is 0 Å². The molecule has 0 aliphatic carbocycles. The standard InChI is InChI=1S/2C25H36O4S.Ca/c2*1-2-3-4-5-6-7-8-9-10-11-12-15-22-16-13-14-17-25(22)29-23-18-20-24(21-19-23)30(26,27)28;/h2*13-14,16-21H,2-12,15H2,1H3,(H,26,27,28);/q;;+2/p-2. The molecule has 4 aromatic rings. The monoisotopic (exact) mass is 902 g/mol. The quantitative estimate of drug-likeness (QED) is 0.0287. The van der Waals surface area contributed by atoms with Crippen molar-refractivity contribution in [3.05, 3.63) is 108 Å². The molecular formula is C50H70CaO8S2. The van der Waals surface area contributed by atoms with Crippen LogP contribution in [0.3, 0.4) is 0 Å².